The quantitative estimate of drug-likeness (QED) is 0.271. The highest BCUT2D eigenvalue weighted by molar-refractivity contribution is 6.04. The summed E-state index contributed by atoms with van der Waals surface area (Å²) in [6.07, 6.45) is 4.51. The van der Waals surface area contributed by atoms with Crippen molar-refractivity contribution < 1.29 is 15.8 Å². The van der Waals surface area contributed by atoms with E-state index in [0.29, 0.717) is 25.6 Å². The Kier molecular flexibility index (Phi) is 11.3. The normalized spacial score (nSPS) is 17.5. The molecule has 0 aromatic heterocycles. The predicted octanol–water partition coefficient (Wildman–Crippen LogP) is 9.02. The number of carbonyl (C=O) groups excluding carboxylic acids is 2. The summed E-state index contributed by atoms with van der Waals surface area (Å²) in [6.45, 7) is 14.7. The van der Waals surface area contributed by atoms with Crippen LogP contribution in [0.25, 0.3) is 16.5 Å². The van der Waals surface area contributed by atoms with E-state index in [0.717, 1.165) is 59.5 Å². The summed E-state index contributed by atoms with van der Waals surface area (Å²) in [5, 5.41) is 5.24. The van der Waals surface area contributed by atoms with Crippen LogP contribution in [-0.2, 0) is 9.53 Å². The number of amides is 2. The minimum absolute atomic E-state index is 0. The van der Waals surface area contributed by atoms with Crippen molar-refractivity contribution in [1.82, 2.24) is 15.1 Å². The van der Waals surface area contributed by atoms with E-state index in [1.165, 1.54) is 5.39 Å². The standard InChI is InChI=1S/C38H48N4O3.CH4.H2/c1-7-33-31-24-29-16-12-13-17-30(29)25-32(31)40-35(42(33)8-2)26(3)34(28-14-10-9-11-15-28)36(43)41-22-19-27(20-23-41)18-21-39-37(44)45-38(4,5)6;;/h7,9-17,24-27,34H,8,18-23H2,1-6H3,(H,39,44);1H4;1H/b33-7+;;. The third-order valence-corrected chi connectivity index (χ3v) is 9.01. The first-order valence-corrected chi connectivity index (χ1v) is 16.5. The lowest BCUT2D eigenvalue weighted by atomic mass is 9.82. The highest BCUT2D eigenvalue weighted by Gasteiger charge is 2.38. The summed E-state index contributed by atoms with van der Waals surface area (Å²) in [6, 6.07) is 23.0. The van der Waals surface area contributed by atoms with Gasteiger partial charge in [0, 0.05) is 44.8 Å². The Balaban J connectivity index is 0.00000300. The number of aliphatic imine (C=N–C) groups is 1. The number of alkyl carbamates (subject to hydrolysis) is 1. The van der Waals surface area contributed by atoms with Crippen LogP contribution in [0.5, 0.6) is 0 Å². The molecule has 3 aromatic rings. The summed E-state index contributed by atoms with van der Waals surface area (Å²) in [4.78, 5) is 36.1. The van der Waals surface area contributed by atoms with Gasteiger partial charge in [-0.3, -0.25) is 4.79 Å². The number of rotatable bonds is 8. The highest BCUT2D eigenvalue weighted by Crippen LogP contribution is 2.41. The van der Waals surface area contributed by atoms with Gasteiger partial charge in [-0.1, -0.05) is 75.0 Å². The Morgan fingerprint density at radius 3 is 2.28 bits per heavy atom. The van der Waals surface area contributed by atoms with Crippen molar-refractivity contribution in [1.29, 1.82) is 0 Å². The van der Waals surface area contributed by atoms with Crippen LogP contribution in [0.4, 0.5) is 10.5 Å². The van der Waals surface area contributed by atoms with E-state index >= 15 is 0 Å². The van der Waals surface area contributed by atoms with E-state index in [1.807, 2.05) is 43.9 Å². The van der Waals surface area contributed by atoms with Gasteiger partial charge in [0.1, 0.15) is 11.4 Å². The van der Waals surface area contributed by atoms with Crippen LogP contribution < -0.4 is 5.32 Å². The molecular formula is C39H54N4O3. The van der Waals surface area contributed by atoms with E-state index in [9.17, 15) is 9.59 Å². The molecule has 46 heavy (non-hydrogen) atoms. The molecule has 5 rings (SSSR count). The second-order valence-electron chi connectivity index (χ2n) is 13.3. The average molecular weight is 627 g/mol. The van der Waals surface area contributed by atoms with E-state index < -0.39 is 5.60 Å². The molecule has 248 valence electrons. The zero-order valence-electron chi connectivity index (χ0n) is 27.7. The zero-order valence-corrected chi connectivity index (χ0v) is 27.7. The zero-order chi connectivity index (χ0) is 32.1. The molecule has 0 spiro atoms. The van der Waals surface area contributed by atoms with Gasteiger partial charge in [0.2, 0.25) is 5.91 Å². The number of benzene rings is 3. The van der Waals surface area contributed by atoms with Crippen LogP contribution in [-0.4, -0.2) is 59.4 Å². The predicted molar refractivity (Wildman–Crippen MR) is 192 cm³/mol. The van der Waals surface area contributed by atoms with Crippen LogP contribution >= 0.6 is 0 Å². The van der Waals surface area contributed by atoms with Crippen LogP contribution in [0.3, 0.4) is 0 Å². The third kappa shape index (κ3) is 7.80. The van der Waals surface area contributed by atoms with E-state index in [-0.39, 0.29) is 32.7 Å². The molecule has 0 bridgehead atoms. The first kappa shape index (κ1) is 34.7. The summed E-state index contributed by atoms with van der Waals surface area (Å²) < 4.78 is 5.36. The van der Waals surface area contributed by atoms with Crippen molar-refractivity contribution in [3.63, 3.8) is 0 Å². The molecule has 2 unspecified atom stereocenters. The van der Waals surface area contributed by atoms with Crippen LogP contribution in [0.2, 0.25) is 0 Å². The average Bonchev–Trinajstić information content (AvgIpc) is 3.02. The number of piperidine rings is 1. The van der Waals surface area contributed by atoms with Crippen molar-refractivity contribution in [2.75, 3.05) is 26.2 Å². The molecular weight excluding hydrogens is 572 g/mol. The van der Waals surface area contributed by atoms with Gasteiger partial charge in [-0.05, 0) is 88.3 Å². The van der Waals surface area contributed by atoms with Crippen molar-refractivity contribution in [2.24, 2.45) is 16.8 Å². The number of likely N-dealkylation sites (tertiary alicyclic amines) is 1. The Morgan fingerprint density at radius 1 is 1.04 bits per heavy atom. The Bertz CT molecular complexity index is 1570. The number of nitrogens with zero attached hydrogens (tertiary/aromatic N) is 3. The van der Waals surface area contributed by atoms with E-state index in [2.05, 4.69) is 85.6 Å². The Hall–Kier alpha value is -4.13. The number of carbonyl (C=O) groups is 2. The number of hydrogen-bond donors (Lipinski definition) is 1. The van der Waals surface area contributed by atoms with Gasteiger partial charge in [0.05, 0.1) is 11.6 Å². The molecule has 0 radical (unpaired) electrons. The molecule has 3 aromatic carbocycles. The van der Waals surface area contributed by atoms with E-state index in [1.54, 1.807) is 0 Å². The molecule has 7 heteroatoms. The topological polar surface area (TPSA) is 74.2 Å². The van der Waals surface area contributed by atoms with Crippen molar-refractivity contribution in [2.45, 2.75) is 79.8 Å². The van der Waals surface area contributed by atoms with Gasteiger partial charge in [-0.25, -0.2) is 9.79 Å². The van der Waals surface area contributed by atoms with Crippen LogP contribution in [0.15, 0.2) is 77.8 Å². The number of ether oxygens (including phenoxy) is 1. The van der Waals surface area contributed by atoms with Gasteiger partial charge in [0.25, 0.3) is 0 Å². The maximum atomic E-state index is 14.5. The fourth-order valence-corrected chi connectivity index (χ4v) is 6.76. The van der Waals surface area contributed by atoms with Gasteiger partial charge >= 0.3 is 6.09 Å². The largest absolute Gasteiger partial charge is 0.444 e. The summed E-state index contributed by atoms with van der Waals surface area (Å²) in [5.41, 5.74) is 3.72. The maximum Gasteiger partial charge on any atom is 0.407 e. The van der Waals surface area contributed by atoms with E-state index in [4.69, 9.17) is 9.73 Å². The number of nitrogens with one attached hydrogen (secondary N) is 1. The fourth-order valence-electron chi connectivity index (χ4n) is 6.76. The molecule has 7 nitrogen and oxygen atoms in total. The fraction of sp³-hybridized carbons (Fsp3) is 0.462. The molecule has 1 N–H and O–H groups in total. The lowest BCUT2D eigenvalue weighted by Crippen LogP contribution is -2.46. The van der Waals surface area contributed by atoms with Gasteiger partial charge < -0.3 is 19.9 Å². The van der Waals surface area contributed by atoms with Gasteiger partial charge in [-0.2, -0.15) is 0 Å². The number of fused-ring (bicyclic) bond motifs is 2. The first-order valence-electron chi connectivity index (χ1n) is 16.5. The molecule has 1 fully saturated rings. The number of allylic oxidation sites excluding steroid dienone is 1. The molecule has 2 amide bonds. The Morgan fingerprint density at radius 2 is 1.67 bits per heavy atom. The smallest absolute Gasteiger partial charge is 0.407 e. The molecule has 0 aliphatic carbocycles. The van der Waals surface area contributed by atoms with Crippen LogP contribution in [0.1, 0.15) is 86.7 Å². The highest BCUT2D eigenvalue weighted by atomic mass is 16.6. The molecule has 2 aliphatic rings. The summed E-state index contributed by atoms with van der Waals surface area (Å²) in [7, 11) is 0. The minimum Gasteiger partial charge on any atom is -0.444 e. The Labute approximate surface area is 277 Å². The maximum absolute atomic E-state index is 14.5. The van der Waals surface area contributed by atoms with Gasteiger partial charge in [-0.15, -0.1) is 0 Å². The lowest BCUT2D eigenvalue weighted by Gasteiger charge is -2.40. The minimum atomic E-state index is -0.508. The second-order valence-corrected chi connectivity index (χ2v) is 13.3. The second kappa shape index (κ2) is 15.0. The molecule has 2 aliphatic heterocycles. The molecule has 1 saturated heterocycles. The van der Waals surface area contributed by atoms with Crippen molar-refractivity contribution >= 4 is 40.0 Å². The van der Waals surface area contributed by atoms with Gasteiger partial charge in [0.15, 0.2) is 0 Å². The SMILES string of the molecule is C.C/C=C1\c2cc3ccccc3cc2N=C(C(C)C(C(=O)N2CCC(CCNC(=O)OC(C)(C)C)CC2)c2ccccc2)N1CC.[HH]. The number of amidine groups is 1. The third-order valence-electron chi connectivity index (χ3n) is 9.01. The molecule has 2 heterocycles. The lowest BCUT2D eigenvalue weighted by molar-refractivity contribution is -0.135. The first-order chi connectivity index (χ1) is 21.6. The van der Waals surface area contributed by atoms with Crippen molar-refractivity contribution in [3.05, 3.63) is 83.9 Å². The number of hydrogen-bond acceptors (Lipinski definition) is 5. The van der Waals surface area contributed by atoms with Crippen LogP contribution in [0, 0.1) is 11.8 Å². The molecule has 2 atom stereocenters. The monoisotopic (exact) mass is 626 g/mol. The summed E-state index contributed by atoms with van der Waals surface area (Å²) >= 11 is 0. The van der Waals surface area contributed by atoms with Crippen molar-refractivity contribution in [3.8, 4) is 0 Å². The summed E-state index contributed by atoms with van der Waals surface area (Å²) in [5.74, 6) is 1.04. The molecule has 0 saturated carbocycles.